The fourth-order valence-corrected chi connectivity index (χ4v) is 2.62. The van der Waals surface area contributed by atoms with Gasteiger partial charge in [0.1, 0.15) is 0 Å². The van der Waals surface area contributed by atoms with Gasteiger partial charge in [-0.25, -0.2) is 0 Å². The standard InChI is InChI=1S/C20H21N3O2/c1-13(2)25-20-21-18(16-11-7-5-9-14(16)3)23(22-20)19(24)17-12-8-6-10-15(17)4/h5-13H,1-4H3. The van der Waals surface area contributed by atoms with Crippen LogP contribution in [0.2, 0.25) is 0 Å². The molecule has 1 heterocycles. The van der Waals surface area contributed by atoms with Crippen molar-refractivity contribution >= 4 is 5.91 Å². The first kappa shape index (κ1) is 16.9. The number of aryl methyl sites for hydroxylation is 2. The van der Waals surface area contributed by atoms with Crippen LogP contribution in [0, 0.1) is 13.8 Å². The van der Waals surface area contributed by atoms with E-state index in [9.17, 15) is 4.79 Å². The lowest BCUT2D eigenvalue weighted by atomic mass is 10.1. The molecule has 0 saturated carbocycles. The van der Waals surface area contributed by atoms with Gasteiger partial charge in [-0.1, -0.05) is 42.5 Å². The van der Waals surface area contributed by atoms with Gasteiger partial charge in [0.05, 0.1) is 6.10 Å². The van der Waals surface area contributed by atoms with Crippen molar-refractivity contribution < 1.29 is 9.53 Å². The van der Waals surface area contributed by atoms with Crippen LogP contribution in [0.1, 0.15) is 35.3 Å². The van der Waals surface area contributed by atoms with Crippen LogP contribution < -0.4 is 4.74 Å². The third-order valence-electron chi connectivity index (χ3n) is 3.88. The van der Waals surface area contributed by atoms with Crippen molar-refractivity contribution in [1.82, 2.24) is 14.8 Å². The lowest BCUT2D eigenvalue weighted by Gasteiger charge is -2.08. The predicted octanol–water partition coefficient (Wildman–Crippen LogP) is 4.04. The Morgan fingerprint density at radius 3 is 2.28 bits per heavy atom. The van der Waals surface area contributed by atoms with Crippen LogP contribution in [0.15, 0.2) is 48.5 Å². The van der Waals surface area contributed by atoms with E-state index in [-0.39, 0.29) is 18.0 Å². The Hall–Kier alpha value is -2.95. The van der Waals surface area contributed by atoms with Crippen molar-refractivity contribution in [2.24, 2.45) is 0 Å². The van der Waals surface area contributed by atoms with Gasteiger partial charge in [0, 0.05) is 11.1 Å². The van der Waals surface area contributed by atoms with Gasteiger partial charge in [-0.05, 0) is 44.9 Å². The molecule has 25 heavy (non-hydrogen) atoms. The molecule has 5 heteroatoms. The monoisotopic (exact) mass is 335 g/mol. The molecule has 3 rings (SSSR count). The maximum absolute atomic E-state index is 13.1. The highest BCUT2D eigenvalue weighted by Crippen LogP contribution is 2.25. The van der Waals surface area contributed by atoms with Crippen molar-refractivity contribution in [3.05, 3.63) is 65.2 Å². The van der Waals surface area contributed by atoms with Crippen LogP contribution in [-0.4, -0.2) is 26.8 Å². The number of carbonyl (C=O) groups is 1. The summed E-state index contributed by atoms with van der Waals surface area (Å²) in [7, 11) is 0. The van der Waals surface area contributed by atoms with Crippen molar-refractivity contribution in [2.45, 2.75) is 33.8 Å². The van der Waals surface area contributed by atoms with Crippen molar-refractivity contribution in [3.8, 4) is 17.4 Å². The van der Waals surface area contributed by atoms with Crippen LogP contribution in [0.25, 0.3) is 11.4 Å². The lowest BCUT2D eigenvalue weighted by molar-refractivity contribution is 0.0942. The average Bonchev–Trinajstić information content (AvgIpc) is 2.98. The van der Waals surface area contributed by atoms with Gasteiger partial charge in [-0.15, -0.1) is 5.10 Å². The summed E-state index contributed by atoms with van der Waals surface area (Å²) in [5, 5.41) is 4.32. The number of benzene rings is 2. The highest BCUT2D eigenvalue weighted by Gasteiger charge is 2.22. The third kappa shape index (κ3) is 3.45. The van der Waals surface area contributed by atoms with E-state index in [4.69, 9.17) is 4.74 Å². The van der Waals surface area contributed by atoms with Gasteiger partial charge in [-0.3, -0.25) is 4.79 Å². The fourth-order valence-electron chi connectivity index (χ4n) is 2.62. The van der Waals surface area contributed by atoms with E-state index in [1.165, 1.54) is 4.68 Å². The highest BCUT2D eigenvalue weighted by molar-refractivity contribution is 5.98. The Bertz CT molecular complexity index is 913. The van der Waals surface area contributed by atoms with Crippen LogP contribution in [-0.2, 0) is 0 Å². The number of rotatable bonds is 4. The van der Waals surface area contributed by atoms with E-state index < -0.39 is 0 Å². The molecule has 1 aromatic heterocycles. The molecule has 3 aromatic rings. The molecule has 0 unspecified atom stereocenters. The Morgan fingerprint density at radius 2 is 1.64 bits per heavy atom. The maximum Gasteiger partial charge on any atom is 0.336 e. The third-order valence-corrected chi connectivity index (χ3v) is 3.88. The Kier molecular flexibility index (Phi) is 4.65. The molecule has 0 radical (unpaired) electrons. The van der Waals surface area contributed by atoms with E-state index in [1.807, 2.05) is 70.2 Å². The molecule has 0 aliphatic rings. The van der Waals surface area contributed by atoms with E-state index >= 15 is 0 Å². The second kappa shape index (κ2) is 6.89. The van der Waals surface area contributed by atoms with E-state index in [1.54, 1.807) is 6.07 Å². The van der Waals surface area contributed by atoms with E-state index in [0.29, 0.717) is 11.4 Å². The molecule has 0 bridgehead atoms. The Labute approximate surface area is 147 Å². The summed E-state index contributed by atoms with van der Waals surface area (Å²) in [6.07, 6.45) is -0.0749. The summed E-state index contributed by atoms with van der Waals surface area (Å²) in [6.45, 7) is 7.69. The molecule has 0 fully saturated rings. The molecular formula is C20H21N3O2. The highest BCUT2D eigenvalue weighted by atomic mass is 16.5. The molecule has 0 atom stereocenters. The zero-order valence-corrected chi connectivity index (χ0v) is 14.9. The number of hydrogen-bond donors (Lipinski definition) is 0. The molecular weight excluding hydrogens is 314 g/mol. The average molecular weight is 335 g/mol. The molecule has 2 aromatic carbocycles. The molecule has 5 nitrogen and oxygen atoms in total. The largest absolute Gasteiger partial charge is 0.460 e. The first-order valence-electron chi connectivity index (χ1n) is 8.27. The zero-order valence-electron chi connectivity index (χ0n) is 14.9. The minimum absolute atomic E-state index is 0.0749. The summed E-state index contributed by atoms with van der Waals surface area (Å²) >= 11 is 0. The normalized spacial score (nSPS) is 10.9. The SMILES string of the molecule is Cc1ccccc1C(=O)n1nc(OC(C)C)nc1-c1ccccc1C. The molecule has 0 aliphatic carbocycles. The van der Waals surface area contributed by atoms with Gasteiger partial charge in [0.2, 0.25) is 0 Å². The van der Waals surface area contributed by atoms with Gasteiger partial charge in [0.25, 0.3) is 5.91 Å². The summed E-state index contributed by atoms with van der Waals surface area (Å²) in [4.78, 5) is 17.5. The Balaban J connectivity index is 2.15. The van der Waals surface area contributed by atoms with E-state index in [0.717, 1.165) is 16.7 Å². The van der Waals surface area contributed by atoms with Gasteiger partial charge in [-0.2, -0.15) is 9.67 Å². The van der Waals surface area contributed by atoms with Crippen LogP contribution >= 0.6 is 0 Å². The van der Waals surface area contributed by atoms with Crippen molar-refractivity contribution in [3.63, 3.8) is 0 Å². The van der Waals surface area contributed by atoms with Crippen molar-refractivity contribution in [2.75, 3.05) is 0 Å². The fraction of sp³-hybridized carbons (Fsp3) is 0.250. The minimum atomic E-state index is -0.220. The number of carbonyl (C=O) groups excluding carboxylic acids is 1. The van der Waals surface area contributed by atoms with Crippen molar-refractivity contribution in [1.29, 1.82) is 0 Å². The van der Waals surface area contributed by atoms with Crippen LogP contribution in [0.4, 0.5) is 0 Å². The molecule has 0 amide bonds. The molecule has 0 N–H and O–H groups in total. The summed E-state index contributed by atoms with van der Waals surface area (Å²) in [6, 6.07) is 15.4. The van der Waals surface area contributed by atoms with Gasteiger partial charge in [0.15, 0.2) is 5.82 Å². The first-order chi connectivity index (χ1) is 12.0. The van der Waals surface area contributed by atoms with Gasteiger partial charge < -0.3 is 4.74 Å². The molecule has 0 spiro atoms. The van der Waals surface area contributed by atoms with Crippen LogP contribution in [0.3, 0.4) is 0 Å². The number of nitrogens with zero attached hydrogens (tertiary/aromatic N) is 3. The molecule has 0 aliphatic heterocycles. The number of ether oxygens (including phenoxy) is 1. The Morgan fingerprint density at radius 1 is 1.00 bits per heavy atom. The smallest absolute Gasteiger partial charge is 0.336 e. The second-order valence-electron chi connectivity index (χ2n) is 6.23. The lowest BCUT2D eigenvalue weighted by Crippen LogP contribution is -2.17. The summed E-state index contributed by atoms with van der Waals surface area (Å²) in [5.41, 5.74) is 3.36. The maximum atomic E-state index is 13.1. The van der Waals surface area contributed by atoms with Crippen LogP contribution in [0.5, 0.6) is 6.01 Å². The first-order valence-corrected chi connectivity index (χ1v) is 8.27. The second-order valence-corrected chi connectivity index (χ2v) is 6.23. The molecule has 0 saturated heterocycles. The van der Waals surface area contributed by atoms with Gasteiger partial charge >= 0.3 is 6.01 Å². The number of aromatic nitrogens is 3. The number of hydrogen-bond acceptors (Lipinski definition) is 4. The minimum Gasteiger partial charge on any atom is -0.460 e. The zero-order chi connectivity index (χ0) is 18.0. The van der Waals surface area contributed by atoms with E-state index in [2.05, 4.69) is 10.1 Å². The predicted molar refractivity (Wildman–Crippen MR) is 96.9 cm³/mol. The molecule has 128 valence electrons. The topological polar surface area (TPSA) is 57.0 Å². The quantitative estimate of drug-likeness (QED) is 0.722. The summed E-state index contributed by atoms with van der Waals surface area (Å²) < 4.78 is 6.95. The summed E-state index contributed by atoms with van der Waals surface area (Å²) in [5.74, 6) is 0.268.